The molecule has 3 aromatic carbocycles. The van der Waals surface area contributed by atoms with Crippen molar-refractivity contribution in [3.05, 3.63) is 112 Å². The van der Waals surface area contributed by atoms with Crippen LogP contribution in [0.4, 0.5) is 10.7 Å². The highest BCUT2D eigenvalue weighted by Crippen LogP contribution is 2.33. The zero-order valence-corrected chi connectivity index (χ0v) is 25.8. The number of rotatable bonds is 9. The van der Waals surface area contributed by atoms with Crippen molar-refractivity contribution in [1.82, 2.24) is 9.88 Å². The summed E-state index contributed by atoms with van der Waals surface area (Å²) in [5, 5.41) is 9.18. The number of aromatic nitrogens is 1. The lowest BCUT2D eigenvalue weighted by molar-refractivity contribution is 0.102. The van der Waals surface area contributed by atoms with E-state index in [4.69, 9.17) is 9.47 Å². The second-order valence-corrected chi connectivity index (χ2v) is 11.8. The van der Waals surface area contributed by atoms with Gasteiger partial charge in [-0.1, -0.05) is 30.3 Å². The van der Waals surface area contributed by atoms with Gasteiger partial charge in [-0.05, 0) is 83.8 Å². The molecule has 2 N–H and O–H groups in total. The summed E-state index contributed by atoms with van der Waals surface area (Å²) >= 11 is 1.33. The van der Waals surface area contributed by atoms with Crippen molar-refractivity contribution in [2.45, 2.75) is 26.3 Å². The normalized spacial score (nSPS) is 12.9. The van der Waals surface area contributed by atoms with Crippen molar-refractivity contribution in [2.75, 3.05) is 37.9 Å². The van der Waals surface area contributed by atoms with Crippen LogP contribution in [0.5, 0.6) is 11.5 Å². The Labute approximate surface area is 260 Å². The van der Waals surface area contributed by atoms with E-state index in [1.54, 1.807) is 26.5 Å². The van der Waals surface area contributed by atoms with Crippen molar-refractivity contribution >= 4 is 44.7 Å². The van der Waals surface area contributed by atoms with E-state index in [9.17, 15) is 9.59 Å². The van der Waals surface area contributed by atoms with Crippen LogP contribution in [0.25, 0.3) is 10.9 Å². The number of carbonyl (C=O) groups is 2. The molecule has 9 heteroatoms. The molecule has 0 saturated carbocycles. The molecule has 44 heavy (non-hydrogen) atoms. The molecule has 2 amide bonds. The molecule has 0 unspecified atom stereocenters. The van der Waals surface area contributed by atoms with Gasteiger partial charge in [-0.3, -0.25) is 19.5 Å². The average Bonchev–Trinajstić information content (AvgIpc) is 3.42. The molecule has 0 bridgehead atoms. The fourth-order valence-corrected chi connectivity index (χ4v) is 6.49. The summed E-state index contributed by atoms with van der Waals surface area (Å²) in [6.07, 6.45) is 3.43. The van der Waals surface area contributed by atoms with Gasteiger partial charge < -0.3 is 20.1 Å². The fourth-order valence-electron chi connectivity index (χ4n) is 5.56. The molecule has 8 nitrogen and oxygen atoms in total. The van der Waals surface area contributed by atoms with Gasteiger partial charge in [-0.15, -0.1) is 11.3 Å². The molecule has 3 heterocycles. The van der Waals surface area contributed by atoms with Crippen LogP contribution in [0, 0.1) is 6.92 Å². The molecule has 0 saturated heterocycles. The number of methoxy groups -OCH3 is 2. The number of carbonyl (C=O) groups excluding carboxylic acids is 2. The minimum absolute atomic E-state index is 0.262. The highest BCUT2D eigenvalue weighted by atomic mass is 32.1. The monoisotopic (exact) mass is 606 g/mol. The average molecular weight is 607 g/mol. The van der Waals surface area contributed by atoms with Crippen LogP contribution in [0.15, 0.2) is 78.3 Å². The Morgan fingerprint density at radius 2 is 1.68 bits per heavy atom. The number of ether oxygens (including phenoxy) is 2. The molecule has 0 spiro atoms. The maximum Gasteiger partial charge on any atom is 0.258 e. The van der Waals surface area contributed by atoms with Crippen molar-refractivity contribution in [3.63, 3.8) is 0 Å². The standard InChI is InChI=1S/C35H34N4O4S/c1-22-21-44-35(38-33(40)26-16-25-6-4-5-7-29(25)36-19-26)32(22)34(41)37-28-10-8-23(9-11-28)12-14-39-15-13-24-17-30(42-2)31(43-3)18-27(24)20-39/h4-11,16-19,21H,12-15,20H2,1-3H3,(H,37,41)(H,38,40). The van der Waals surface area contributed by atoms with E-state index in [0.717, 1.165) is 60.4 Å². The molecule has 2 aromatic heterocycles. The SMILES string of the molecule is COc1cc2c(cc1OC)CN(CCc1ccc(NC(=O)c3c(C)csc3NC(=O)c3cnc4ccccc4c3)cc1)CC2. The first-order chi connectivity index (χ1) is 21.4. The third kappa shape index (κ3) is 6.29. The Kier molecular flexibility index (Phi) is 8.58. The number of hydrogen-bond donors (Lipinski definition) is 2. The Hall–Kier alpha value is -4.73. The van der Waals surface area contributed by atoms with Gasteiger partial charge in [0.25, 0.3) is 11.8 Å². The number of amides is 2. The number of aryl methyl sites for hydroxylation is 1. The summed E-state index contributed by atoms with van der Waals surface area (Å²) in [5.74, 6) is 0.975. The summed E-state index contributed by atoms with van der Waals surface area (Å²) < 4.78 is 11.0. The number of pyridine rings is 1. The number of fused-ring (bicyclic) bond motifs is 2. The van der Waals surface area contributed by atoms with Crippen molar-refractivity contribution in [1.29, 1.82) is 0 Å². The van der Waals surface area contributed by atoms with E-state index in [-0.39, 0.29) is 11.8 Å². The fraction of sp³-hybridized carbons (Fsp3) is 0.229. The summed E-state index contributed by atoms with van der Waals surface area (Å²) in [6, 6.07) is 21.6. The second kappa shape index (κ2) is 12.9. The number of nitrogens with one attached hydrogen (secondary N) is 2. The van der Waals surface area contributed by atoms with Gasteiger partial charge in [-0.25, -0.2) is 0 Å². The summed E-state index contributed by atoms with van der Waals surface area (Å²) in [5.41, 5.74) is 7.01. The van der Waals surface area contributed by atoms with Crippen molar-refractivity contribution in [3.8, 4) is 11.5 Å². The molecule has 5 aromatic rings. The van der Waals surface area contributed by atoms with Crippen LogP contribution in [0.2, 0.25) is 0 Å². The van der Waals surface area contributed by atoms with Gasteiger partial charge in [0.1, 0.15) is 5.00 Å². The van der Waals surface area contributed by atoms with Gasteiger partial charge in [0, 0.05) is 36.9 Å². The topological polar surface area (TPSA) is 92.8 Å². The lowest BCUT2D eigenvalue weighted by Gasteiger charge is -2.29. The number of hydrogen-bond acceptors (Lipinski definition) is 7. The molecule has 224 valence electrons. The third-order valence-electron chi connectivity index (χ3n) is 8.01. The number of nitrogens with zero attached hydrogens (tertiary/aromatic N) is 2. The first-order valence-corrected chi connectivity index (χ1v) is 15.4. The zero-order valence-electron chi connectivity index (χ0n) is 25.0. The second-order valence-electron chi connectivity index (χ2n) is 10.9. The van der Waals surface area contributed by atoms with Crippen LogP contribution < -0.4 is 20.1 Å². The molecular formula is C35H34N4O4S. The summed E-state index contributed by atoms with van der Waals surface area (Å²) in [7, 11) is 3.34. The number of para-hydroxylation sites is 1. The molecular weight excluding hydrogens is 572 g/mol. The highest BCUT2D eigenvalue weighted by molar-refractivity contribution is 7.15. The third-order valence-corrected chi connectivity index (χ3v) is 9.02. The maximum atomic E-state index is 13.3. The van der Waals surface area contributed by atoms with Gasteiger partial charge in [-0.2, -0.15) is 0 Å². The van der Waals surface area contributed by atoms with E-state index in [1.807, 2.05) is 48.7 Å². The van der Waals surface area contributed by atoms with Crippen LogP contribution in [-0.4, -0.2) is 49.0 Å². The lowest BCUT2D eigenvalue weighted by Crippen LogP contribution is -2.32. The van der Waals surface area contributed by atoms with Crippen LogP contribution >= 0.6 is 11.3 Å². The summed E-state index contributed by atoms with van der Waals surface area (Å²) in [6.45, 7) is 4.67. The van der Waals surface area contributed by atoms with E-state index >= 15 is 0 Å². The Balaban J connectivity index is 1.06. The number of anilines is 2. The van der Waals surface area contributed by atoms with Crippen molar-refractivity contribution < 1.29 is 19.1 Å². The predicted octanol–water partition coefficient (Wildman–Crippen LogP) is 6.73. The van der Waals surface area contributed by atoms with Crippen LogP contribution in [-0.2, 0) is 19.4 Å². The Morgan fingerprint density at radius 3 is 2.45 bits per heavy atom. The molecule has 1 aliphatic rings. The molecule has 6 rings (SSSR count). The highest BCUT2D eigenvalue weighted by Gasteiger charge is 2.21. The molecule has 0 radical (unpaired) electrons. The minimum Gasteiger partial charge on any atom is -0.493 e. The van der Waals surface area contributed by atoms with E-state index in [1.165, 1.54) is 28.0 Å². The summed E-state index contributed by atoms with van der Waals surface area (Å²) in [4.78, 5) is 33.2. The van der Waals surface area contributed by atoms with Gasteiger partial charge in [0.15, 0.2) is 11.5 Å². The van der Waals surface area contributed by atoms with Gasteiger partial charge >= 0.3 is 0 Å². The smallest absolute Gasteiger partial charge is 0.258 e. The molecule has 1 aliphatic heterocycles. The van der Waals surface area contributed by atoms with E-state index < -0.39 is 0 Å². The van der Waals surface area contributed by atoms with Crippen LogP contribution in [0.3, 0.4) is 0 Å². The molecule has 0 atom stereocenters. The zero-order chi connectivity index (χ0) is 30.6. The lowest BCUT2D eigenvalue weighted by atomic mass is 9.98. The minimum atomic E-state index is -0.306. The Morgan fingerprint density at radius 1 is 0.932 bits per heavy atom. The maximum absolute atomic E-state index is 13.3. The van der Waals surface area contributed by atoms with Gasteiger partial charge in [0.05, 0.1) is 30.9 Å². The van der Waals surface area contributed by atoms with E-state index in [2.05, 4.69) is 44.8 Å². The number of benzene rings is 3. The quantitative estimate of drug-likeness (QED) is 0.193. The number of thiophene rings is 1. The van der Waals surface area contributed by atoms with E-state index in [0.29, 0.717) is 21.8 Å². The predicted molar refractivity (Wildman–Crippen MR) is 175 cm³/mol. The Bertz CT molecular complexity index is 1830. The van der Waals surface area contributed by atoms with Gasteiger partial charge in [0.2, 0.25) is 0 Å². The molecule has 0 aliphatic carbocycles. The van der Waals surface area contributed by atoms with Crippen LogP contribution in [0.1, 0.15) is 43.0 Å². The van der Waals surface area contributed by atoms with Crippen molar-refractivity contribution in [2.24, 2.45) is 0 Å². The largest absolute Gasteiger partial charge is 0.493 e. The first-order valence-electron chi connectivity index (χ1n) is 14.5. The molecule has 0 fully saturated rings. The first kappa shape index (κ1) is 29.3.